The smallest absolute Gasteiger partial charge is 0.244 e. The van der Waals surface area contributed by atoms with Gasteiger partial charge in [-0.05, 0) is 19.1 Å². The molecular weight excluding hydrogens is 344 g/mol. The number of benzene rings is 1. The van der Waals surface area contributed by atoms with Crippen LogP contribution in [0.2, 0.25) is 0 Å². The van der Waals surface area contributed by atoms with E-state index in [4.69, 9.17) is 0 Å². The highest BCUT2D eigenvalue weighted by atomic mass is 16.2. The zero-order chi connectivity index (χ0) is 20.0. The predicted molar refractivity (Wildman–Crippen MR) is 105 cm³/mol. The molecule has 0 saturated carbocycles. The topological polar surface area (TPSA) is 81.8 Å². The largest absolute Gasteiger partial charge is 0.344 e. The first-order chi connectivity index (χ1) is 12.7. The van der Waals surface area contributed by atoms with Crippen LogP contribution in [0, 0.1) is 5.41 Å². The van der Waals surface area contributed by atoms with E-state index in [1.807, 2.05) is 56.0 Å². The van der Waals surface area contributed by atoms with Crippen LogP contribution in [-0.4, -0.2) is 66.3 Å². The van der Waals surface area contributed by atoms with Crippen molar-refractivity contribution in [3.8, 4) is 0 Å². The van der Waals surface area contributed by atoms with Gasteiger partial charge in [-0.15, -0.1) is 0 Å². The quantitative estimate of drug-likeness (QED) is 0.814. The molecule has 1 unspecified atom stereocenters. The fourth-order valence-corrected chi connectivity index (χ4v) is 2.80. The van der Waals surface area contributed by atoms with Crippen LogP contribution in [-0.2, 0) is 14.4 Å². The number of carbonyl (C=O) groups excluding carboxylic acids is 3. The van der Waals surface area contributed by atoms with Crippen molar-refractivity contribution >= 4 is 23.4 Å². The molecule has 1 atom stereocenters. The molecule has 1 aromatic carbocycles. The lowest BCUT2D eigenvalue weighted by Crippen LogP contribution is -2.55. The second kappa shape index (κ2) is 8.99. The summed E-state index contributed by atoms with van der Waals surface area (Å²) in [5, 5.41) is 5.65. The number of carbonyl (C=O) groups is 3. The summed E-state index contributed by atoms with van der Waals surface area (Å²) in [6.45, 7) is 9.83. The second-order valence-corrected chi connectivity index (χ2v) is 7.96. The third-order valence-electron chi connectivity index (χ3n) is 4.51. The number of rotatable bonds is 5. The van der Waals surface area contributed by atoms with E-state index in [0.29, 0.717) is 32.7 Å². The highest BCUT2D eigenvalue weighted by Crippen LogP contribution is 2.13. The van der Waals surface area contributed by atoms with Gasteiger partial charge in [-0.25, -0.2) is 0 Å². The Kier molecular flexibility index (Phi) is 6.96. The summed E-state index contributed by atoms with van der Waals surface area (Å²) in [5.41, 5.74) is 0.249. The number of hydrogen-bond acceptors (Lipinski definition) is 4. The van der Waals surface area contributed by atoms with Crippen molar-refractivity contribution in [2.45, 2.75) is 33.7 Å². The molecule has 3 amide bonds. The summed E-state index contributed by atoms with van der Waals surface area (Å²) in [4.78, 5) is 40.5. The van der Waals surface area contributed by atoms with Gasteiger partial charge in [0.2, 0.25) is 17.7 Å². The molecule has 1 aromatic rings. The van der Waals surface area contributed by atoms with E-state index < -0.39 is 11.5 Å². The zero-order valence-electron chi connectivity index (χ0n) is 16.6. The van der Waals surface area contributed by atoms with E-state index in [0.717, 1.165) is 5.69 Å². The molecule has 1 aliphatic heterocycles. The molecule has 0 spiro atoms. The van der Waals surface area contributed by atoms with E-state index in [2.05, 4.69) is 10.6 Å². The Morgan fingerprint density at radius 2 is 1.63 bits per heavy atom. The Hall–Kier alpha value is -2.41. The Balaban J connectivity index is 1.76. The maximum Gasteiger partial charge on any atom is 0.244 e. The SMILES string of the molecule is CC(NC(=O)C(C)(C)C)C(=O)N1CCN(CC(=O)Nc2ccccc2)CC1. The Labute approximate surface area is 161 Å². The number of hydrogen-bond donors (Lipinski definition) is 2. The normalized spacial score (nSPS) is 16.5. The first kappa shape index (κ1) is 20.9. The van der Waals surface area contributed by atoms with Gasteiger partial charge >= 0.3 is 0 Å². The van der Waals surface area contributed by atoms with E-state index in [-0.39, 0.29) is 17.7 Å². The van der Waals surface area contributed by atoms with Crippen LogP contribution in [0.5, 0.6) is 0 Å². The van der Waals surface area contributed by atoms with Crippen LogP contribution < -0.4 is 10.6 Å². The minimum atomic E-state index is -0.551. The van der Waals surface area contributed by atoms with E-state index in [1.54, 1.807) is 11.8 Å². The van der Waals surface area contributed by atoms with Crippen molar-refractivity contribution in [2.24, 2.45) is 5.41 Å². The van der Waals surface area contributed by atoms with Crippen molar-refractivity contribution < 1.29 is 14.4 Å². The van der Waals surface area contributed by atoms with Crippen LogP contribution in [0.3, 0.4) is 0 Å². The molecular formula is C20H30N4O3. The summed E-state index contributed by atoms with van der Waals surface area (Å²) < 4.78 is 0. The zero-order valence-corrected chi connectivity index (χ0v) is 16.6. The van der Waals surface area contributed by atoms with Gasteiger partial charge in [0.25, 0.3) is 0 Å². The van der Waals surface area contributed by atoms with Gasteiger partial charge in [-0.2, -0.15) is 0 Å². The van der Waals surface area contributed by atoms with Crippen LogP contribution >= 0.6 is 0 Å². The highest BCUT2D eigenvalue weighted by molar-refractivity contribution is 5.92. The van der Waals surface area contributed by atoms with E-state index in [9.17, 15) is 14.4 Å². The maximum atomic E-state index is 12.5. The lowest BCUT2D eigenvalue weighted by atomic mass is 9.95. The summed E-state index contributed by atoms with van der Waals surface area (Å²) in [7, 11) is 0. The number of nitrogens with zero attached hydrogens (tertiary/aromatic N) is 2. The predicted octanol–water partition coefficient (Wildman–Crippen LogP) is 1.32. The minimum absolute atomic E-state index is 0.0632. The molecule has 2 N–H and O–H groups in total. The Bertz CT molecular complexity index is 662. The molecule has 1 heterocycles. The van der Waals surface area contributed by atoms with E-state index >= 15 is 0 Å². The molecule has 7 nitrogen and oxygen atoms in total. The van der Waals surface area contributed by atoms with E-state index in [1.165, 1.54) is 0 Å². The van der Waals surface area contributed by atoms with Gasteiger partial charge in [-0.3, -0.25) is 19.3 Å². The number of piperazine rings is 1. The van der Waals surface area contributed by atoms with Crippen LogP contribution in [0.25, 0.3) is 0 Å². The van der Waals surface area contributed by atoms with Gasteiger partial charge in [0.15, 0.2) is 0 Å². The molecule has 27 heavy (non-hydrogen) atoms. The third kappa shape index (κ3) is 6.36. The number of para-hydroxylation sites is 1. The molecule has 7 heteroatoms. The molecule has 0 aliphatic carbocycles. The van der Waals surface area contributed by atoms with Crippen molar-refractivity contribution in [2.75, 3.05) is 38.0 Å². The average Bonchev–Trinajstić information content (AvgIpc) is 2.61. The highest BCUT2D eigenvalue weighted by Gasteiger charge is 2.29. The Morgan fingerprint density at radius 1 is 1.04 bits per heavy atom. The standard InChI is InChI=1S/C20H30N4O3/c1-15(21-19(27)20(2,3)4)18(26)24-12-10-23(11-13-24)14-17(25)22-16-8-6-5-7-9-16/h5-9,15H,10-14H2,1-4H3,(H,21,27)(H,22,25). The van der Waals surface area contributed by atoms with Crippen molar-refractivity contribution in [1.82, 2.24) is 15.1 Å². The molecule has 1 fully saturated rings. The third-order valence-corrected chi connectivity index (χ3v) is 4.51. The van der Waals surface area contributed by atoms with Crippen LogP contribution in [0.4, 0.5) is 5.69 Å². The summed E-state index contributed by atoms with van der Waals surface area (Å²) in [6.07, 6.45) is 0. The first-order valence-corrected chi connectivity index (χ1v) is 9.34. The summed E-state index contributed by atoms with van der Waals surface area (Å²) in [5.74, 6) is -0.285. The number of amides is 3. The first-order valence-electron chi connectivity index (χ1n) is 9.34. The minimum Gasteiger partial charge on any atom is -0.344 e. The van der Waals surface area contributed by atoms with Crippen molar-refractivity contribution in [1.29, 1.82) is 0 Å². The van der Waals surface area contributed by atoms with Gasteiger partial charge in [0, 0.05) is 37.3 Å². The van der Waals surface area contributed by atoms with Crippen molar-refractivity contribution in [3.05, 3.63) is 30.3 Å². The lowest BCUT2D eigenvalue weighted by molar-refractivity contribution is -0.139. The average molecular weight is 374 g/mol. The molecule has 2 rings (SSSR count). The van der Waals surface area contributed by atoms with Gasteiger partial charge < -0.3 is 15.5 Å². The molecule has 0 bridgehead atoms. The summed E-state index contributed by atoms with van der Waals surface area (Å²) in [6, 6.07) is 8.80. The fraction of sp³-hybridized carbons (Fsp3) is 0.550. The molecule has 148 valence electrons. The molecule has 1 saturated heterocycles. The number of anilines is 1. The maximum absolute atomic E-state index is 12.5. The van der Waals surface area contributed by atoms with Gasteiger partial charge in [0.1, 0.15) is 6.04 Å². The lowest BCUT2D eigenvalue weighted by Gasteiger charge is -2.36. The number of nitrogens with one attached hydrogen (secondary N) is 2. The second-order valence-electron chi connectivity index (χ2n) is 7.96. The summed E-state index contributed by atoms with van der Waals surface area (Å²) >= 11 is 0. The molecule has 0 aromatic heterocycles. The van der Waals surface area contributed by atoms with Gasteiger partial charge in [-0.1, -0.05) is 39.0 Å². The Morgan fingerprint density at radius 3 is 2.19 bits per heavy atom. The van der Waals surface area contributed by atoms with Crippen LogP contribution in [0.1, 0.15) is 27.7 Å². The van der Waals surface area contributed by atoms with Crippen LogP contribution in [0.15, 0.2) is 30.3 Å². The molecule has 0 radical (unpaired) electrons. The molecule has 1 aliphatic rings. The van der Waals surface area contributed by atoms with Gasteiger partial charge in [0.05, 0.1) is 6.54 Å². The monoisotopic (exact) mass is 374 g/mol. The van der Waals surface area contributed by atoms with Crippen molar-refractivity contribution in [3.63, 3.8) is 0 Å². The fourth-order valence-electron chi connectivity index (χ4n) is 2.80.